The first-order valence-electron chi connectivity index (χ1n) is 5.38. The van der Waals surface area contributed by atoms with Crippen molar-refractivity contribution in [1.29, 1.82) is 0 Å². The lowest BCUT2D eigenvalue weighted by atomic mass is 10.1. The van der Waals surface area contributed by atoms with Crippen molar-refractivity contribution < 1.29 is 9.53 Å². The number of hydrazine groups is 1. The van der Waals surface area contributed by atoms with Crippen LogP contribution in [-0.4, -0.2) is 25.1 Å². The number of rotatable bonds is 5. The van der Waals surface area contributed by atoms with E-state index in [0.29, 0.717) is 6.42 Å². The van der Waals surface area contributed by atoms with Crippen LogP contribution in [0.3, 0.4) is 0 Å². The maximum Gasteiger partial charge on any atom is 0.236 e. The van der Waals surface area contributed by atoms with Gasteiger partial charge in [0, 0.05) is 17.9 Å². The number of amides is 1. The summed E-state index contributed by atoms with van der Waals surface area (Å²) >= 11 is 3.42. The molecule has 0 spiro atoms. The van der Waals surface area contributed by atoms with Gasteiger partial charge in [-0.25, -0.2) is 5.84 Å². The van der Waals surface area contributed by atoms with E-state index in [1.807, 2.05) is 18.2 Å². The van der Waals surface area contributed by atoms with Gasteiger partial charge in [-0.2, -0.15) is 0 Å². The third kappa shape index (κ3) is 4.36. The van der Waals surface area contributed by atoms with Crippen LogP contribution in [0.4, 0.5) is 0 Å². The largest absolute Gasteiger partial charge is 0.496 e. The highest BCUT2D eigenvalue weighted by Crippen LogP contribution is 2.24. The molecule has 2 N–H and O–H groups in total. The van der Waals surface area contributed by atoms with Crippen molar-refractivity contribution in [2.75, 3.05) is 14.2 Å². The first kappa shape index (κ1) is 14.0. The highest BCUT2D eigenvalue weighted by molar-refractivity contribution is 9.10. The number of hydrogen-bond acceptors (Lipinski definition) is 3. The lowest BCUT2D eigenvalue weighted by molar-refractivity contribution is -0.130. The fourth-order valence-electron chi connectivity index (χ4n) is 1.55. The van der Waals surface area contributed by atoms with Gasteiger partial charge in [0.25, 0.3) is 0 Å². The highest BCUT2D eigenvalue weighted by atomic mass is 79.9. The van der Waals surface area contributed by atoms with Gasteiger partial charge in [-0.05, 0) is 36.6 Å². The van der Waals surface area contributed by atoms with Gasteiger partial charge in [0.05, 0.1) is 7.11 Å². The molecule has 0 aliphatic heterocycles. The van der Waals surface area contributed by atoms with Crippen LogP contribution >= 0.6 is 15.9 Å². The molecule has 17 heavy (non-hydrogen) atoms. The molecule has 0 radical (unpaired) electrons. The number of carbonyl (C=O) groups is 1. The van der Waals surface area contributed by atoms with Gasteiger partial charge in [-0.3, -0.25) is 9.80 Å². The number of carbonyl (C=O) groups excluding carboxylic acids is 1. The van der Waals surface area contributed by atoms with Crippen LogP contribution in [-0.2, 0) is 11.2 Å². The lowest BCUT2D eigenvalue weighted by Gasteiger charge is -2.11. The lowest BCUT2D eigenvalue weighted by Crippen LogP contribution is -2.32. The molecule has 0 fully saturated rings. The molecule has 94 valence electrons. The summed E-state index contributed by atoms with van der Waals surface area (Å²) in [6, 6.07) is 5.85. The van der Waals surface area contributed by atoms with Gasteiger partial charge in [0.2, 0.25) is 5.91 Å². The second-order valence-corrected chi connectivity index (χ2v) is 4.73. The van der Waals surface area contributed by atoms with Crippen LogP contribution < -0.4 is 10.6 Å². The fraction of sp³-hybridized carbons (Fsp3) is 0.417. The quantitative estimate of drug-likeness (QED) is 0.515. The zero-order valence-electron chi connectivity index (χ0n) is 10.1. The van der Waals surface area contributed by atoms with Crippen LogP contribution in [0.2, 0.25) is 0 Å². The zero-order chi connectivity index (χ0) is 12.8. The number of nitrogens with two attached hydrogens (primary N) is 1. The van der Waals surface area contributed by atoms with E-state index in [2.05, 4.69) is 15.9 Å². The molecule has 0 heterocycles. The standard InChI is InChI=1S/C12H17BrN2O2/c1-15(14)12(16)5-3-4-9-8-10(13)6-7-11(9)17-2/h6-8H,3-5,14H2,1-2H3. The number of halogens is 1. The van der Waals surface area contributed by atoms with E-state index in [1.165, 1.54) is 0 Å². The van der Waals surface area contributed by atoms with Crippen LogP contribution in [0.25, 0.3) is 0 Å². The molecular formula is C12H17BrN2O2. The second-order valence-electron chi connectivity index (χ2n) is 3.81. The molecule has 0 unspecified atom stereocenters. The van der Waals surface area contributed by atoms with Crippen LogP contribution in [0.1, 0.15) is 18.4 Å². The van der Waals surface area contributed by atoms with Crippen LogP contribution in [0, 0.1) is 0 Å². The minimum Gasteiger partial charge on any atom is -0.496 e. The summed E-state index contributed by atoms with van der Waals surface area (Å²) in [5.41, 5.74) is 1.09. The Hall–Kier alpha value is -1.07. The number of aryl methyl sites for hydroxylation is 1. The number of ether oxygens (including phenoxy) is 1. The van der Waals surface area contributed by atoms with Gasteiger partial charge in [-0.15, -0.1) is 0 Å². The van der Waals surface area contributed by atoms with Gasteiger partial charge < -0.3 is 4.74 Å². The first-order valence-corrected chi connectivity index (χ1v) is 6.17. The summed E-state index contributed by atoms with van der Waals surface area (Å²) in [5, 5.41) is 1.12. The summed E-state index contributed by atoms with van der Waals surface area (Å²) in [6.07, 6.45) is 2.00. The van der Waals surface area contributed by atoms with E-state index in [-0.39, 0.29) is 5.91 Å². The summed E-state index contributed by atoms with van der Waals surface area (Å²) < 4.78 is 6.27. The van der Waals surface area contributed by atoms with Gasteiger partial charge in [0.1, 0.15) is 5.75 Å². The Balaban J connectivity index is 2.56. The van der Waals surface area contributed by atoms with Crippen molar-refractivity contribution >= 4 is 21.8 Å². The molecule has 1 aromatic carbocycles. The van der Waals surface area contributed by atoms with E-state index >= 15 is 0 Å². The molecule has 1 rings (SSSR count). The topological polar surface area (TPSA) is 55.6 Å². The molecular weight excluding hydrogens is 284 g/mol. The minimum atomic E-state index is -0.0565. The average Bonchev–Trinajstić information content (AvgIpc) is 2.29. The molecule has 0 saturated heterocycles. The maximum absolute atomic E-state index is 11.3. The van der Waals surface area contributed by atoms with Crippen molar-refractivity contribution in [1.82, 2.24) is 5.01 Å². The van der Waals surface area contributed by atoms with Crippen molar-refractivity contribution in [2.24, 2.45) is 5.84 Å². The van der Waals surface area contributed by atoms with Crippen molar-refractivity contribution in [3.8, 4) is 5.75 Å². The summed E-state index contributed by atoms with van der Waals surface area (Å²) in [7, 11) is 3.20. The minimum absolute atomic E-state index is 0.0565. The fourth-order valence-corrected chi connectivity index (χ4v) is 1.96. The van der Waals surface area contributed by atoms with Gasteiger partial charge in [0.15, 0.2) is 0 Å². The number of methoxy groups -OCH3 is 1. The van der Waals surface area contributed by atoms with E-state index < -0.39 is 0 Å². The normalized spacial score (nSPS) is 10.1. The predicted octanol–water partition coefficient (Wildman–Crippen LogP) is 2.11. The van der Waals surface area contributed by atoms with E-state index in [9.17, 15) is 4.79 Å². The van der Waals surface area contributed by atoms with E-state index in [0.717, 1.165) is 33.6 Å². The molecule has 0 aliphatic rings. The second kappa shape index (κ2) is 6.61. The monoisotopic (exact) mass is 300 g/mol. The van der Waals surface area contributed by atoms with E-state index in [4.69, 9.17) is 10.6 Å². The summed E-state index contributed by atoms with van der Waals surface area (Å²) in [5.74, 6) is 6.14. The third-order valence-corrected chi connectivity index (χ3v) is 2.97. The van der Waals surface area contributed by atoms with Crippen molar-refractivity contribution in [2.45, 2.75) is 19.3 Å². The number of hydrogen-bond donors (Lipinski definition) is 1. The van der Waals surface area contributed by atoms with Crippen LogP contribution in [0.5, 0.6) is 5.75 Å². The Morgan fingerprint density at radius 2 is 2.24 bits per heavy atom. The molecule has 1 aromatic rings. The molecule has 0 bridgehead atoms. The average molecular weight is 301 g/mol. The molecule has 0 atom stereocenters. The molecule has 4 nitrogen and oxygen atoms in total. The summed E-state index contributed by atoms with van der Waals surface area (Å²) in [4.78, 5) is 11.3. The Labute approximate surface area is 110 Å². The zero-order valence-corrected chi connectivity index (χ0v) is 11.7. The Morgan fingerprint density at radius 3 is 2.82 bits per heavy atom. The SMILES string of the molecule is COc1ccc(Br)cc1CCCC(=O)N(C)N. The van der Waals surface area contributed by atoms with Gasteiger partial charge in [-0.1, -0.05) is 15.9 Å². The first-order chi connectivity index (χ1) is 8.04. The molecule has 0 aromatic heterocycles. The summed E-state index contributed by atoms with van der Waals surface area (Å²) in [6.45, 7) is 0. The molecule has 5 heteroatoms. The Kier molecular flexibility index (Phi) is 5.44. The highest BCUT2D eigenvalue weighted by Gasteiger charge is 2.07. The predicted molar refractivity (Wildman–Crippen MR) is 70.6 cm³/mol. The molecule has 0 saturated carbocycles. The Bertz CT molecular complexity index is 394. The number of nitrogens with zero attached hydrogens (tertiary/aromatic N) is 1. The maximum atomic E-state index is 11.3. The third-order valence-electron chi connectivity index (χ3n) is 2.47. The smallest absolute Gasteiger partial charge is 0.236 e. The molecule has 0 aliphatic carbocycles. The van der Waals surface area contributed by atoms with E-state index in [1.54, 1.807) is 14.2 Å². The van der Waals surface area contributed by atoms with Crippen molar-refractivity contribution in [3.63, 3.8) is 0 Å². The number of benzene rings is 1. The van der Waals surface area contributed by atoms with Crippen LogP contribution in [0.15, 0.2) is 22.7 Å². The van der Waals surface area contributed by atoms with Gasteiger partial charge >= 0.3 is 0 Å². The Morgan fingerprint density at radius 1 is 1.53 bits per heavy atom. The molecule has 1 amide bonds. The van der Waals surface area contributed by atoms with Crippen molar-refractivity contribution in [3.05, 3.63) is 28.2 Å².